The average molecular weight is 620 g/mol. The maximum Gasteiger partial charge on any atom is 0.305 e. The third-order valence-electron chi connectivity index (χ3n) is 8.31. The summed E-state index contributed by atoms with van der Waals surface area (Å²) < 4.78 is 5.20. The second kappa shape index (κ2) is 35.9. The highest BCUT2D eigenvalue weighted by molar-refractivity contribution is 5.75. The number of rotatable bonds is 34. The largest absolute Gasteiger partial charge is 0.463 e. The zero-order valence-corrected chi connectivity index (χ0v) is 29.3. The van der Waals surface area contributed by atoms with E-state index in [0.717, 1.165) is 44.9 Å². The van der Waals surface area contributed by atoms with E-state index >= 15 is 0 Å². The summed E-state index contributed by atoms with van der Waals surface area (Å²) in [5.41, 5.74) is 0. The van der Waals surface area contributed by atoms with Crippen molar-refractivity contribution in [1.29, 1.82) is 0 Å². The van der Waals surface area contributed by atoms with Crippen LogP contribution in [0.3, 0.4) is 0 Å². The molecule has 1 amide bonds. The van der Waals surface area contributed by atoms with Crippen molar-refractivity contribution in [3.8, 4) is 0 Å². The molecule has 0 spiro atoms. The molecule has 0 radical (unpaired) electrons. The molecule has 0 aromatic carbocycles. The third kappa shape index (κ3) is 34.9. The zero-order chi connectivity index (χ0) is 32.2. The van der Waals surface area contributed by atoms with E-state index in [1.54, 1.807) is 0 Å². The molecule has 0 bridgehead atoms. The van der Waals surface area contributed by atoms with Crippen LogP contribution in [-0.4, -0.2) is 36.2 Å². The van der Waals surface area contributed by atoms with E-state index < -0.39 is 6.10 Å². The van der Waals surface area contributed by atoms with Crippen LogP contribution in [0.2, 0.25) is 0 Å². The van der Waals surface area contributed by atoms with E-state index in [0.29, 0.717) is 12.8 Å². The summed E-state index contributed by atoms with van der Waals surface area (Å²) in [5.74, 6) is -0.297. The number of carbonyl (C=O) groups excluding carboxylic acids is 2. The van der Waals surface area contributed by atoms with E-state index in [1.165, 1.54) is 122 Å². The SMILES string of the molecule is CCCCCC=CCC=CCCCCCCCC(=O)NCC(O)COC(=O)CCCCCCCCCCCCCCCCC. The summed E-state index contributed by atoms with van der Waals surface area (Å²) in [7, 11) is 0. The standard InChI is InChI=1S/C39H73NO4/c1-3-5-7-9-11-13-15-17-19-21-23-25-27-29-31-33-38(42)40-35-37(41)36-44-39(43)34-32-30-28-26-24-22-20-18-16-14-12-10-8-6-4-2/h11,13,17,19,37,41H,3-10,12,14-16,18,20-36H2,1-2H3,(H,40,42). The van der Waals surface area contributed by atoms with Gasteiger partial charge in [0, 0.05) is 19.4 Å². The van der Waals surface area contributed by atoms with E-state index in [2.05, 4.69) is 43.5 Å². The molecule has 0 heterocycles. The molecular formula is C39H73NO4. The Labute approximate surface area is 273 Å². The summed E-state index contributed by atoms with van der Waals surface area (Å²) in [6, 6.07) is 0. The maximum absolute atomic E-state index is 12.0. The number of unbranched alkanes of at least 4 members (excludes halogenated alkanes) is 22. The Hall–Kier alpha value is -1.62. The van der Waals surface area contributed by atoms with Crippen molar-refractivity contribution in [3.63, 3.8) is 0 Å². The van der Waals surface area contributed by atoms with E-state index in [1.807, 2.05) is 0 Å². The smallest absolute Gasteiger partial charge is 0.305 e. The van der Waals surface area contributed by atoms with Gasteiger partial charge in [-0.25, -0.2) is 0 Å². The molecule has 0 aliphatic heterocycles. The number of aliphatic hydroxyl groups is 1. The molecule has 0 aromatic heterocycles. The Morgan fingerprint density at radius 2 is 0.977 bits per heavy atom. The van der Waals surface area contributed by atoms with Crippen molar-refractivity contribution in [2.45, 2.75) is 200 Å². The van der Waals surface area contributed by atoms with Crippen molar-refractivity contribution >= 4 is 11.9 Å². The second-order valence-corrected chi connectivity index (χ2v) is 12.8. The Balaban J connectivity index is 3.44. The van der Waals surface area contributed by atoms with Gasteiger partial charge in [-0.2, -0.15) is 0 Å². The first-order valence-electron chi connectivity index (χ1n) is 19.0. The highest BCUT2D eigenvalue weighted by Crippen LogP contribution is 2.14. The van der Waals surface area contributed by atoms with Crippen LogP contribution >= 0.6 is 0 Å². The number of allylic oxidation sites excluding steroid dienone is 4. The van der Waals surface area contributed by atoms with Gasteiger partial charge in [0.25, 0.3) is 0 Å². The van der Waals surface area contributed by atoms with Gasteiger partial charge < -0.3 is 15.2 Å². The fraction of sp³-hybridized carbons (Fsp3) is 0.846. The first-order chi connectivity index (χ1) is 21.6. The van der Waals surface area contributed by atoms with Crippen LogP contribution < -0.4 is 5.32 Å². The normalized spacial score (nSPS) is 12.3. The van der Waals surface area contributed by atoms with Gasteiger partial charge in [-0.15, -0.1) is 0 Å². The van der Waals surface area contributed by atoms with Crippen molar-refractivity contribution in [2.75, 3.05) is 13.2 Å². The first kappa shape index (κ1) is 42.4. The summed E-state index contributed by atoms with van der Waals surface area (Å²) in [4.78, 5) is 24.0. The third-order valence-corrected chi connectivity index (χ3v) is 8.31. The van der Waals surface area contributed by atoms with Crippen LogP contribution in [0.25, 0.3) is 0 Å². The summed E-state index contributed by atoms with van der Waals surface area (Å²) in [6.45, 7) is 4.58. The number of carbonyl (C=O) groups is 2. The fourth-order valence-corrected chi connectivity index (χ4v) is 5.38. The predicted octanol–water partition coefficient (Wildman–Crippen LogP) is 11.1. The topological polar surface area (TPSA) is 75.6 Å². The molecule has 0 saturated carbocycles. The molecule has 1 unspecified atom stereocenters. The molecule has 5 heteroatoms. The Kier molecular flexibility index (Phi) is 34.5. The van der Waals surface area contributed by atoms with Crippen LogP contribution in [0.4, 0.5) is 0 Å². The first-order valence-corrected chi connectivity index (χ1v) is 19.0. The van der Waals surface area contributed by atoms with Crippen LogP contribution in [0, 0.1) is 0 Å². The number of aliphatic hydroxyl groups excluding tert-OH is 1. The lowest BCUT2D eigenvalue weighted by molar-refractivity contribution is -0.146. The van der Waals surface area contributed by atoms with Crippen LogP contribution in [0.1, 0.15) is 194 Å². The minimum absolute atomic E-state index is 0.0427. The molecule has 5 nitrogen and oxygen atoms in total. The van der Waals surface area contributed by atoms with Crippen LogP contribution in [0.15, 0.2) is 24.3 Å². The van der Waals surface area contributed by atoms with E-state index in [-0.39, 0.29) is 25.0 Å². The summed E-state index contributed by atoms with van der Waals surface area (Å²) in [6.07, 6.45) is 41.4. The Morgan fingerprint density at radius 1 is 0.568 bits per heavy atom. The average Bonchev–Trinajstić information content (AvgIpc) is 3.02. The number of nitrogens with one attached hydrogen (secondary N) is 1. The van der Waals surface area contributed by atoms with Gasteiger partial charge in [0.1, 0.15) is 12.7 Å². The van der Waals surface area contributed by atoms with Crippen LogP contribution in [-0.2, 0) is 14.3 Å². The molecule has 0 aliphatic rings. The molecule has 0 saturated heterocycles. The molecule has 0 aliphatic carbocycles. The number of esters is 1. The van der Waals surface area contributed by atoms with Gasteiger partial charge in [-0.3, -0.25) is 9.59 Å². The minimum atomic E-state index is -0.853. The molecule has 1 atom stereocenters. The summed E-state index contributed by atoms with van der Waals surface area (Å²) >= 11 is 0. The molecule has 44 heavy (non-hydrogen) atoms. The molecule has 0 fully saturated rings. The highest BCUT2D eigenvalue weighted by atomic mass is 16.5. The van der Waals surface area contributed by atoms with Gasteiger partial charge in [0.05, 0.1) is 0 Å². The van der Waals surface area contributed by atoms with Gasteiger partial charge >= 0.3 is 5.97 Å². The molecule has 258 valence electrons. The molecular weight excluding hydrogens is 546 g/mol. The van der Waals surface area contributed by atoms with Crippen LogP contribution in [0.5, 0.6) is 0 Å². The van der Waals surface area contributed by atoms with E-state index in [9.17, 15) is 14.7 Å². The lowest BCUT2D eigenvalue weighted by Gasteiger charge is -2.12. The fourth-order valence-electron chi connectivity index (χ4n) is 5.38. The number of amides is 1. The monoisotopic (exact) mass is 620 g/mol. The minimum Gasteiger partial charge on any atom is -0.463 e. The van der Waals surface area contributed by atoms with Gasteiger partial charge in [0.2, 0.25) is 5.91 Å². The van der Waals surface area contributed by atoms with Gasteiger partial charge in [-0.05, 0) is 44.9 Å². The Bertz CT molecular complexity index is 675. The predicted molar refractivity (Wildman–Crippen MR) is 189 cm³/mol. The second-order valence-electron chi connectivity index (χ2n) is 12.8. The zero-order valence-electron chi connectivity index (χ0n) is 29.3. The molecule has 0 aromatic rings. The number of hydrogen-bond acceptors (Lipinski definition) is 4. The van der Waals surface area contributed by atoms with Crippen molar-refractivity contribution in [3.05, 3.63) is 24.3 Å². The van der Waals surface area contributed by atoms with Gasteiger partial charge in [-0.1, -0.05) is 160 Å². The lowest BCUT2D eigenvalue weighted by Crippen LogP contribution is -2.35. The lowest BCUT2D eigenvalue weighted by atomic mass is 10.0. The molecule has 0 rings (SSSR count). The van der Waals surface area contributed by atoms with Crippen molar-refractivity contribution < 1.29 is 19.4 Å². The van der Waals surface area contributed by atoms with Crippen molar-refractivity contribution in [2.24, 2.45) is 0 Å². The highest BCUT2D eigenvalue weighted by Gasteiger charge is 2.10. The maximum atomic E-state index is 12.0. The number of hydrogen-bond donors (Lipinski definition) is 2. The van der Waals surface area contributed by atoms with Crippen molar-refractivity contribution in [1.82, 2.24) is 5.32 Å². The quantitative estimate of drug-likeness (QED) is 0.0427. The molecule has 2 N–H and O–H groups in total. The Morgan fingerprint density at radius 3 is 1.50 bits per heavy atom. The van der Waals surface area contributed by atoms with E-state index in [4.69, 9.17) is 4.74 Å². The summed E-state index contributed by atoms with van der Waals surface area (Å²) in [5, 5.41) is 12.8. The number of ether oxygens (including phenoxy) is 1. The van der Waals surface area contributed by atoms with Gasteiger partial charge in [0.15, 0.2) is 0 Å².